The molecule has 1 aromatic carbocycles. The van der Waals surface area contributed by atoms with E-state index in [0.717, 1.165) is 5.75 Å². The predicted molar refractivity (Wildman–Crippen MR) is 75.4 cm³/mol. The zero-order valence-corrected chi connectivity index (χ0v) is 11.8. The molecule has 0 aliphatic rings. The van der Waals surface area contributed by atoms with Gasteiger partial charge in [-0.05, 0) is 43.5 Å². The van der Waals surface area contributed by atoms with Crippen LogP contribution in [0.4, 0.5) is 0 Å². The zero-order valence-electron chi connectivity index (χ0n) is 11.8. The van der Waals surface area contributed by atoms with Crippen LogP contribution in [0.1, 0.15) is 37.6 Å². The number of amides is 1. The van der Waals surface area contributed by atoms with Crippen LogP contribution in [0.3, 0.4) is 0 Å². The van der Waals surface area contributed by atoms with Crippen molar-refractivity contribution in [2.45, 2.75) is 33.3 Å². The third-order valence-electron chi connectivity index (χ3n) is 2.92. The maximum Gasteiger partial charge on any atom is 0.251 e. The lowest BCUT2D eigenvalue weighted by Crippen LogP contribution is -2.28. The summed E-state index contributed by atoms with van der Waals surface area (Å²) in [5, 5.41) is 12.4. The molecule has 0 radical (unpaired) electrons. The van der Waals surface area contributed by atoms with Crippen LogP contribution in [0.5, 0.6) is 5.75 Å². The second kappa shape index (κ2) is 7.79. The number of nitrogens with one attached hydrogen (secondary N) is 1. The van der Waals surface area contributed by atoms with E-state index < -0.39 is 0 Å². The monoisotopic (exact) mass is 265 g/mol. The summed E-state index contributed by atoms with van der Waals surface area (Å²) in [4.78, 5) is 11.8. The van der Waals surface area contributed by atoms with E-state index in [-0.39, 0.29) is 17.9 Å². The quantitative estimate of drug-likeness (QED) is 0.794. The number of hydrogen-bond acceptors (Lipinski definition) is 3. The van der Waals surface area contributed by atoms with Crippen LogP contribution in [0.15, 0.2) is 24.3 Å². The van der Waals surface area contributed by atoms with E-state index in [1.165, 1.54) is 0 Å². The van der Waals surface area contributed by atoms with Crippen molar-refractivity contribution in [3.63, 3.8) is 0 Å². The van der Waals surface area contributed by atoms with Crippen molar-refractivity contribution in [1.29, 1.82) is 0 Å². The molecule has 1 unspecified atom stereocenters. The number of aliphatic hydroxyl groups is 1. The molecule has 1 aromatic rings. The highest BCUT2D eigenvalue weighted by molar-refractivity contribution is 5.94. The molecule has 0 saturated heterocycles. The Morgan fingerprint density at radius 1 is 1.32 bits per heavy atom. The van der Waals surface area contributed by atoms with Crippen LogP contribution in [0.25, 0.3) is 0 Å². The van der Waals surface area contributed by atoms with Gasteiger partial charge in [0, 0.05) is 12.1 Å². The maximum atomic E-state index is 11.8. The van der Waals surface area contributed by atoms with E-state index in [1.807, 2.05) is 20.8 Å². The van der Waals surface area contributed by atoms with Crippen molar-refractivity contribution in [2.24, 2.45) is 5.92 Å². The summed E-state index contributed by atoms with van der Waals surface area (Å²) < 4.78 is 5.31. The minimum absolute atomic E-state index is 0.126. The lowest BCUT2D eigenvalue weighted by Gasteiger charge is -2.14. The van der Waals surface area contributed by atoms with Crippen molar-refractivity contribution in [3.05, 3.63) is 29.8 Å². The van der Waals surface area contributed by atoms with Gasteiger partial charge >= 0.3 is 0 Å². The van der Waals surface area contributed by atoms with E-state index in [1.54, 1.807) is 24.3 Å². The summed E-state index contributed by atoms with van der Waals surface area (Å²) in [5.74, 6) is 0.843. The van der Waals surface area contributed by atoms with Gasteiger partial charge in [-0.1, -0.05) is 13.8 Å². The molecule has 0 saturated carbocycles. The van der Waals surface area contributed by atoms with Gasteiger partial charge in [-0.3, -0.25) is 4.79 Å². The standard InChI is InChI=1S/C15H23NO3/c1-4-19-13-7-5-12(6-8-13)15(18)16-10-9-14(17)11(2)3/h5-8,11,14,17H,4,9-10H2,1-3H3,(H,16,18). The molecule has 4 heteroatoms. The van der Waals surface area contributed by atoms with Gasteiger partial charge in [0.15, 0.2) is 0 Å². The summed E-state index contributed by atoms with van der Waals surface area (Å²) >= 11 is 0. The second-order valence-electron chi connectivity index (χ2n) is 4.81. The molecule has 0 fully saturated rings. The average molecular weight is 265 g/mol. The first-order valence-corrected chi connectivity index (χ1v) is 6.73. The maximum absolute atomic E-state index is 11.8. The van der Waals surface area contributed by atoms with Crippen LogP contribution in [0, 0.1) is 5.92 Å². The molecular weight excluding hydrogens is 242 g/mol. The molecule has 0 spiro atoms. The Morgan fingerprint density at radius 2 is 1.95 bits per heavy atom. The summed E-state index contributed by atoms with van der Waals surface area (Å²) in [7, 11) is 0. The lowest BCUT2D eigenvalue weighted by molar-refractivity contribution is 0.0920. The predicted octanol–water partition coefficient (Wildman–Crippen LogP) is 2.22. The Bertz CT molecular complexity index is 387. The Balaban J connectivity index is 2.41. The van der Waals surface area contributed by atoms with E-state index in [9.17, 15) is 9.90 Å². The Hall–Kier alpha value is -1.55. The van der Waals surface area contributed by atoms with E-state index in [2.05, 4.69) is 5.32 Å². The average Bonchev–Trinajstić information content (AvgIpc) is 2.39. The molecule has 1 rings (SSSR count). The van der Waals surface area contributed by atoms with Gasteiger partial charge in [0.1, 0.15) is 5.75 Å². The molecule has 19 heavy (non-hydrogen) atoms. The molecule has 1 atom stereocenters. The number of ether oxygens (including phenoxy) is 1. The first-order chi connectivity index (χ1) is 9.04. The number of rotatable bonds is 7. The molecule has 0 bridgehead atoms. The van der Waals surface area contributed by atoms with Gasteiger partial charge in [-0.25, -0.2) is 0 Å². The molecule has 2 N–H and O–H groups in total. The van der Waals surface area contributed by atoms with Crippen LogP contribution < -0.4 is 10.1 Å². The summed E-state index contributed by atoms with van der Waals surface area (Å²) in [6.07, 6.45) is 0.195. The van der Waals surface area contributed by atoms with E-state index in [0.29, 0.717) is 25.1 Å². The summed E-state index contributed by atoms with van der Waals surface area (Å²) in [6, 6.07) is 7.03. The van der Waals surface area contributed by atoms with Gasteiger partial charge in [-0.15, -0.1) is 0 Å². The first-order valence-electron chi connectivity index (χ1n) is 6.73. The molecule has 0 aromatic heterocycles. The number of aliphatic hydroxyl groups excluding tert-OH is 1. The molecule has 106 valence electrons. The van der Waals surface area contributed by atoms with Crippen LogP contribution in [-0.4, -0.2) is 30.3 Å². The number of hydrogen-bond donors (Lipinski definition) is 2. The Morgan fingerprint density at radius 3 is 2.47 bits per heavy atom. The molecule has 0 aliphatic heterocycles. The third kappa shape index (κ3) is 5.30. The van der Waals surface area contributed by atoms with Gasteiger partial charge in [0.05, 0.1) is 12.7 Å². The van der Waals surface area contributed by atoms with Crippen molar-refractivity contribution in [2.75, 3.05) is 13.2 Å². The fourth-order valence-corrected chi connectivity index (χ4v) is 1.64. The van der Waals surface area contributed by atoms with Gasteiger partial charge in [0.2, 0.25) is 0 Å². The second-order valence-corrected chi connectivity index (χ2v) is 4.81. The van der Waals surface area contributed by atoms with E-state index in [4.69, 9.17) is 4.74 Å². The topological polar surface area (TPSA) is 58.6 Å². The first kappa shape index (κ1) is 15.5. The minimum Gasteiger partial charge on any atom is -0.494 e. The SMILES string of the molecule is CCOc1ccc(C(=O)NCCC(O)C(C)C)cc1. The van der Waals surface area contributed by atoms with Gasteiger partial charge < -0.3 is 15.2 Å². The highest BCUT2D eigenvalue weighted by Gasteiger charge is 2.10. The number of carbonyl (C=O) groups is 1. The van der Waals surface area contributed by atoms with Crippen molar-refractivity contribution >= 4 is 5.91 Å². The molecule has 0 heterocycles. The molecule has 4 nitrogen and oxygen atoms in total. The Kier molecular flexibility index (Phi) is 6.36. The van der Waals surface area contributed by atoms with Crippen molar-refractivity contribution in [1.82, 2.24) is 5.32 Å². The highest BCUT2D eigenvalue weighted by atomic mass is 16.5. The molecule has 0 aliphatic carbocycles. The van der Waals surface area contributed by atoms with Crippen molar-refractivity contribution < 1.29 is 14.6 Å². The summed E-state index contributed by atoms with van der Waals surface area (Å²) in [5.41, 5.74) is 0.600. The van der Waals surface area contributed by atoms with Gasteiger partial charge in [-0.2, -0.15) is 0 Å². The lowest BCUT2D eigenvalue weighted by atomic mass is 10.0. The smallest absolute Gasteiger partial charge is 0.251 e. The highest BCUT2D eigenvalue weighted by Crippen LogP contribution is 2.12. The molecular formula is C15H23NO3. The minimum atomic E-state index is -0.374. The van der Waals surface area contributed by atoms with E-state index >= 15 is 0 Å². The largest absolute Gasteiger partial charge is 0.494 e. The normalized spacial score (nSPS) is 12.3. The van der Waals surface area contributed by atoms with Gasteiger partial charge in [0.25, 0.3) is 5.91 Å². The summed E-state index contributed by atoms with van der Waals surface area (Å²) in [6.45, 7) is 6.92. The fourth-order valence-electron chi connectivity index (χ4n) is 1.64. The molecule has 1 amide bonds. The van der Waals surface area contributed by atoms with Crippen LogP contribution >= 0.6 is 0 Å². The third-order valence-corrected chi connectivity index (χ3v) is 2.92. The number of benzene rings is 1. The fraction of sp³-hybridized carbons (Fsp3) is 0.533. The zero-order chi connectivity index (χ0) is 14.3. The van der Waals surface area contributed by atoms with Crippen LogP contribution in [0.2, 0.25) is 0 Å². The van der Waals surface area contributed by atoms with Crippen molar-refractivity contribution in [3.8, 4) is 5.75 Å². The van der Waals surface area contributed by atoms with Crippen LogP contribution in [-0.2, 0) is 0 Å². The Labute approximate surface area is 114 Å². The number of carbonyl (C=O) groups excluding carboxylic acids is 1.